The van der Waals surface area contributed by atoms with Gasteiger partial charge < -0.3 is 9.80 Å². The zero-order valence-corrected chi connectivity index (χ0v) is 10.8. The molecule has 0 unspecified atom stereocenters. The maximum Gasteiger partial charge on any atom is 0.0204 e. The van der Waals surface area contributed by atoms with E-state index >= 15 is 0 Å². The smallest absolute Gasteiger partial charge is 0.0204 e. The van der Waals surface area contributed by atoms with E-state index in [1.165, 1.54) is 38.2 Å². The molecule has 0 amide bonds. The van der Waals surface area contributed by atoms with E-state index in [1.807, 2.05) is 0 Å². The Morgan fingerprint density at radius 3 is 2.67 bits per heavy atom. The SMILES string of the molecule is C=C1C[C@H](CCN(C)CC(C)C)CN1C. The highest BCUT2D eigenvalue weighted by Gasteiger charge is 2.22. The van der Waals surface area contributed by atoms with Gasteiger partial charge in [-0.05, 0) is 38.3 Å². The minimum absolute atomic E-state index is 0.774. The van der Waals surface area contributed by atoms with Crippen LogP contribution in [0, 0.1) is 11.8 Å². The molecule has 0 aromatic heterocycles. The van der Waals surface area contributed by atoms with Crippen LogP contribution >= 0.6 is 0 Å². The molecule has 1 saturated heterocycles. The molecule has 0 spiro atoms. The van der Waals surface area contributed by atoms with Gasteiger partial charge in [-0.2, -0.15) is 0 Å². The van der Waals surface area contributed by atoms with E-state index in [0.717, 1.165) is 11.8 Å². The number of allylic oxidation sites excluding steroid dienone is 1. The Morgan fingerprint density at radius 1 is 1.53 bits per heavy atom. The number of likely N-dealkylation sites (tertiary alicyclic amines) is 1. The van der Waals surface area contributed by atoms with Crippen molar-refractivity contribution in [2.24, 2.45) is 11.8 Å². The topological polar surface area (TPSA) is 6.48 Å². The van der Waals surface area contributed by atoms with Gasteiger partial charge in [0.25, 0.3) is 0 Å². The van der Waals surface area contributed by atoms with Gasteiger partial charge in [0.1, 0.15) is 0 Å². The third kappa shape index (κ3) is 4.25. The average Bonchev–Trinajstić information content (AvgIpc) is 2.42. The summed E-state index contributed by atoms with van der Waals surface area (Å²) in [7, 11) is 4.38. The van der Waals surface area contributed by atoms with E-state index in [4.69, 9.17) is 0 Å². The molecule has 0 saturated carbocycles. The molecule has 1 atom stereocenters. The Labute approximate surface area is 94.9 Å². The van der Waals surface area contributed by atoms with Crippen molar-refractivity contribution in [3.63, 3.8) is 0 Å². The third-order valence-electron chi connectivity index (χ3n) is 3.19. The van der Waals surface area contributed by atoms with Crippen molar-refractivity contribution >= 4 is 0 Å². The zero-order chi connectivity index (χ0) is 11.4. The van der Waals surface area contributed by atoms with E-state index in [2.05, 4.69) is 44.3 Å². The molecule has 1 fully saturated rings. The van der Waals surface area contributed by atoms with Crippen LogP contribution in [0.2, 0.25) is 0 Å². The van der Waals surface area contributed by atoms with Gasteiger partial charge in [-0.1, -0.05) is 20.4 Å². The maximum atomic E-state index is 4.07. The average molecular weight is 210 g/mol. The predicted molar refractivity (Wildman–Crippen MR) is 66.8 cm³/mol. The molecule has 1 aliphatic rings. The molecule has 0 aliphatic carbocycles. The van der Waals surface area contributed by atoms with Crippen LogP contribution < -0.4 is 0 Å². The van der Waals surface area contributed by atoms with E-state index in [-0.39, 0.29) is 0 Å². The first-order valence-corrected chi connectivity index (χ1v) is 6.06. The fraction of sp³-hybridized carbons (Fsp3) is 0.846. The lowest BCUT2D eigenvalue weighted by molar-refractivity contribution is 0.270. The molecule has 0 aromatic carbocycles. The van der Waals surface area contributed by atoms with Crippen LogP contribution in [-0.4, -0.2) is 43.5 Å². The summed E-state index contributed by atoms with van der Waals surface area (Å²) in [6.07, 6.45) is 2.51. The second kappa shape index (κ2) is 5.55. The molecular weight excluding hydrogens is 184 g/mol. The largest absolute Gasteiger partial charge is 0.378 e. The van der Waals surface area contributed by atoms with Crippen molar-refractivity contribution in [2.75, 3.05) is 33.7 Å². The number of rotatable bonds is 5. The summed E-state index contributed by atoms with van der Waals surface area (Å²) >= 11 is 0. The molecule has 1 rings (SSSR count). The summed E-state index contributed by atoms with van der Waals surface area (Å²) in [6.45, 7) is 12.3. The van der Waals surface area contributed by atoms with Crippen LogP contribution in [0.1, 0.15) is 26.7 Å². The first-order valence-electron chi connectivity index (χ1n) is 6.06. The number of nitrogens with zero attached hydrogens (tertiary/aromatic N) is 2. The fourth-order valence-corrected chi connectivity index (χ4v) is 2.38. The van der Waals surface area contributed by atoms with Crippen LogP contribution in [0.15, 0.2) is 12.3 Å². The highest BCUT2D eigenvalue weighted by atomic mass is 15.1. The zero-order valence-electron chi connectivity index (χ0n) is 10.8. The van der Waals surface area contributed by atoms with Crippen molar-refractivity contribution < 1.29 is 0 Å². The van der Waals surface area contributed by atoms with Gasteiger partial charge in [-0.25, -0.2) is 0 Å². The monoisotopic (exact) mass is 210 g/mol. The van der Waals surface area contributed by atoms with Crippen LogP contribution in [0.25, 0.3) is 0 Å². The Kier molecular flexibility index (Phi) is 4.65. The molecule has 1 heterocycles. The summed E-state index contributed by atoms with van der Waals surface area (Å²) in [6, 6.07) is 0. The van der Waals surface area contributed by atoms with Gasteiger partial charge in [0, 0.05) is 25.8 Å². The first-order chi connectivity index (χ1) is 6.99. The Morgan fingerprint density at radius 2 is 2.20 bits per heavy atom. The van der Waals surface area contributed by atoms with Crippen molar-refractivity contribution in [2.45, 2.75) is 26.7 Å². The van der Waals surface area contributed by atoms with Gasteiger partial charge >= 0.3 is 0 Å². The quantitative estimate of drug-likeness (QED) is 0.687. The first kappa shape index (κ1) is 12.6. The second-order valence-electron chi connectivity index (χ2n) is 5.46. The van der Waals surface area contributed by atoms with E-state index in [0.29, 0.717) is 0 Å². The number of hydrogen-bond donors (Lipinski definition) is 0. The molecule has 15 heavy (non-hydrogen) atoms. The molecule has 0 radical (unpaired) electrons. The predicted octanol–water partition coefficient (Wildman–Crippen LogP) is 2.43. The van der Waals surface area contributed by atoms with Crippen molar-refractivity contribution in [1.29, 1.82) is 0 Å². The maximum absolute atomic E-state index is 4.07. The van der Waals surface area contributed by atoms with Crippen LogP contribution in [0.3, 0.4) is 0 Å². The molecular formula is C13H26N2. The minimum atomic E-state index is 0.774. The van der Waals surface area contributed by atoms with Crippen molar-refractivity contribution in [3.8, 4) is 0 Å². The normalized spacial score (nSPS) is 22.1. The summed E-state index contributed by atoms with van der Waals surface area (Å²) in [4.78, 5) is 4.75. The van der Waals surface area contributed by atoms with Crippen LogP contribution in [0.4, 0.5) is 0 Å². The van der Waals surface area contributed by atoms with E-state index in [1.54, 1.807) is 0 Å². The second-order valence-corrected chi connectivity index (χ2v) is 5.46. The molecule has 0 bridgehead atoms. The Balaban J connectivity index is 2.18. The van der Waals surface area contributed by atoms with E-state index in [9.17, 15) is 0 Å². The van der Waals surface area contributed by atoms with Gasteiger partial charge in [0.05, 0.1) is 0 Å². The molecule has 88 valence electrons. The van der Waals surface area contributed by atoms with Crippen LogP contribution in [-0.2, 0) is 0 Å². The fourth-order valence-electron chi connectivity index (χ4n) is 2.38. The third-order valence-corrected chi connectivity index (χ3v) is 3.19. The van der Waals surface area contributed by atoms with Gasteiger partial charge in [-0.15, -0.1) is 0 Å². The molecule has 2 nitrogen and oxygen atoms in total. The molecule has 0 aromatic rings. The Hall–Kier alpha value is -0.500. The molecule has 0 N–H and O–H groups in total. The lowest BCUT2D eigenvalue weighted by Gasteiger charge is -2.20. The summed E-state index contributed by atoms with van der Waals surface area (Å²) < 4.78 is 0. The lowest BCUT2D eigenvalue weighted by Crippen LogP contribution is -2.26. The number of hydrogen-bond acceptors (Lipinski definition) is 2. The van der Waals surface area contributed by atoms with Gasteiger partial charge in [0.2, 0.25) is 0 Å². The summed E-state index contributed by atoms with van der Waals surface area (Å²) in [5.74, 6) is 1.60. The lowest BCUT2D eigenvalue weighted by atomic mass is 10.0. The summed E-state index contributed by atoms with van der Waals surface area (Å²) in [5.41, 5.74) is 1.31. The highest BCUT2D eigenvalue weighted by Crippen LogP contribution is 2.25. The van der Waals surface area contributed by atoms with Crippen molar-refractivity contribution in [1.82, 2.24) is 9.80 Å². The Bertz CT molecular complexity index is 211. The van der Waals surface area contributed by atoms with Crippen molar-refractivity contribution in [3.05, 3.63) is 12.3 Å². The van der Waals surface area contributed by atoms with Crippen LogP contribution in [0.5, 0.6) is 0 Å². The summed E-state index contributed by atoms with van der Waals surface area (Å²) in [5, 5.41) is 0. The standard InChI is InChI=1S/C13H26N2/c1-11(2)9-14(4)7-6-13-8-12(3)15(5)10-13/h11,13H,3,6-10H2,1-2,4-5H3/t13-/m0/s1. The van der Waals surface area contributed by atoms with Gasteiger partial charge in [-0.3, -0.25) is 0 Å². The minimum Gasteiger partial charge on any atom is -0.378 e. The van der Waals surface area contributed by atoms with Gasteiger partial charge in [0.15, 0.2) is 0 Å². The molecule has 1 aliphatic heterocycles. The highest BCUT2D eigenvalue weighted by molar-refractivity contribution is 5.01. The van der Waals surface area contributed by atoms with E-state index < -0.39 is 0 Å². The molecule has 2 heteroatoms.